The Hall–Kier alpha value is -4.16. The quantitative estimate of drug-likeness (QED) is 0.407. The van der Waals surface area contributed by atoms with Gasteiger partial charge in [0.2, 0.25) is 11.7 Å². The number of ether oxygens (including phenoxy) is 4. The first-order chi connectivity index (χ1) is 20.5. The molecule has 2 aliphatic heterocycles. The number of furan rings is 1. The van der Waals surface area contributed by atoms with Crippen LogP contribution in [0.1, 0.15) is 53.2 Å². The van der Waals surface area contributed by atoms with Crippen LogP contribution in [0.25, 0.3) is 11.0 Å². The van der Waals surface area contributed by atoms with Gasteiger partial charge in [-0.2, -0.15) is 0 Å². The van der Waals surface area contributed by atoms with E-state index in [4.69, 9.17) is 23.4 Å². The first-order valence-electron chi connectivity index (χ1n) is 14.1. The summed E-state index contributed by atoms with van der Waals surface area (Å²) in [7, 11) is 3.04. The third-order valence-corrected chi connectivity index (χ3v) is 8.55. The summed E-state index contributed by atoms with van der Waals surface area (Å²) >= 11 is 0. The summed E-state index contributed by atoms with van der Waals surface area (Å²) in [6.45, 7) is 4.33. The summed E-state index contributed by atoms with van der Waals surface area (Å²) in [6.07, 6.45) is 1.04. The summed E-state index contributed by atoms with van der Waals surface area (Å²) in [5.41, 5.74) is -0.575. The minimum Gasteiger partial charge on any atom is -0.496 e. The molecule has 11 nitrogen and oxygen atoms in total. The number of nitrogens with zero attached hydrogens (tertiary/aromatic N) is 1. The highest BCUT2D eigenvalue weighted by Crippen LogP contribution is 2.42. The highest BCUT2D eigenvalue weighted by Gasteiger charge is 2.53. The molecule has 0 radical (unpaired) electrons. The van der Waals surface area contributed by atoms with Crippen LogP contribution >= 0.6 is 0 Å². The molecule has 0 spiro atoms. The lowest BCUT2D eigenvalue weighted by molar-refractivity contribution is -0.138. The number of methoxy groups -OCH3 is 2. The van der Waals surface area contributed by atoms with Crippen molar-refractivity contribution in [3.05, 3.63) is 59.1 Å². The van der Waals surface area contributed by atoms with Crippen molar-refractivity contribution in [3.8, 4) is 11.5 Å². The second-order valence-electron chi connectivity index (χ2n) is 11.8. The van der Waals surface area contributed by atoms with Crippen molar-refractivity contribution in [2.75, 3.05) is 34.0 Å². The normalized spacial score (nSPS) is 24.2. The fourth-order valence-corrected chi connectivity index (χ4v) is 5.86. The zero-order chi connectivity index (χ0) is 30.5. The molecular formula is C31H34FN3O8. The lowest BCUT2D eigenvalue weighted by Crippen LogP contribution is -2.66. The molecule has 3 aliphatic rings. The Labute approximate surface area is 247 Å². The second-order valence-corrected chi connectivity index (χ2v) is 11.8. The Morgan fingerprint density at radius 3 is 2.53 bits per heavy atom. The van der Waals surface area contributed by atoms with E-state index in [9.17, 15) is 18.8 Å². The molecule has 1 aliphatic carbocycles. The summed E-state index contributed by atoms with van der Waals surface area (Å²) in [5.74, 6) is -1.21. The van der Waals surface area contributed by atoms with Gasteiger partial charge in [0.1, 0.15) is 23.8 Å². The Kier molecular flexibility index (Phi) is 7.29. The van der Waals surface area contributed by atoms with E-state index >= 15 is 0 Å². The first-order valence-corrected chi connectivity index (χ1v) is 14.1. The molecule has 6 rings (SSSR count). The molecule has 2 aromatic carbocycles. The van der Waals surface area contributed by atoms with Gasteiger partial charge in [0.15, 0.2) is 11.3 Å². The zero-order valence-corrected chi connectivity index (χ0v) is 24.5. The Morgan fingerprint density at radius 2 is 1.86 bits per heavy atom. The maximum absolute atomic E-state index is 14.2. The fourth-order valence-electron chi connectivity index (χ4n) is 5.86. The molecule has 1 unspecified atom stereocenters. The number of nitrogens with one attached hydrogen (secondary N) is 2. The number of amides is 3. The van der Waals surface area contributed by atoms with Gasteiger partial charge in [-0.25, -0.2) is 4.39 Å². The summed E-state index contributed by atoms with van der Waals surface area (Å²) < 4.78 is 41.9. The Morgan fingerprint density at radius 1 is 1.09 bits per heavy atom. The third kappa shape index (κ3) is 5.08. The van der Waals surface area contributed by atoms with E-state index in [1.807, 2.05) is 6.92 Å². The number of carbonyl (C=O) groups is 3. The SMILES string of the molecule is COc1cc(F)ccc1CNC(=O)C1(C)COc2c(oc3cc(C(=O)NC4(C)COC4)ccc23)C(=O)N1[C@H]1C[C@@H](OC)C1. The number of fused-ring (bicyclic) bond motifs is 3. The van der Waals surface area contributed by atoms with Crippen molar-refractivity contribution >= 4 is 28.7 Å². The molecular weight excluding hydrogens is 561 g/mol. The van der Waals surface area contributed by atoms with Crippen LogP contribution in [-0.2, 0) is 20.8 Å². The lowest BCUT2D eigenvalue weighted by Gasteiger charge is -2.48. The number of hydrogen-bond acceptors (Lipinski definition) is 8. The van der Waals surface area contributed by atoms with Gasteiger partial charge in [-0.1, -0.05) is 6.07 Å². The van der Waals surface area contributed by atoms with E-state index in [0.29, 0.717) is 53.9 Å². The molecule has 3 amide bonds. The Bertz CT molecular complexity index is 1600. The van der Waals surface area contributed by atoms with Crippen LogP contribution in [0.2, 0.25) is 0 Å². The van der Waals surface area contributed by atoms with Gasteiger partial charge >= 0.3 is 0 Å². The van der Waals surface area contributed by atoms with Crippen molar-refractivity contribution in [1.82, 2.24) is 15.5 Å². The van der Waals surface area contributed by atoms with Gasteiger partial charge in [0, 0.05) is 36.9 Å². The van der Waals surface area contributed by atoms with E-state index in [-0.39, 0.29) is 42.7 Å². The largest absolute Gasteiger partial charge is 0.496 e. The molecule has 12 heteroatoms. The van der Waals surface area contributed by atoms with Gasteiger partial charge in [-0.05, 0) is 51.0 Å². The minimum absolute atomic E-state index is 0.0375. The fraction of sp³-hybridized carbons (Fsp3) is 0.452. The predicted octanol–water partition coefficient (Wildman–Crippen LogP) is 3.19. The van der Waals surface area contributed by atoms with Crippen LogP contribution < -0.4 is 20.1 Å². The molecule has 3 aromatic rings. The van der Waals surface area contributed by atoms with Crippen LogP contribution in [0, 0.1) is 5.82 Å². The smallest absolute Gasteiger partial charge is 0.294 e. The topological polar surface area (TPSA) is 129 Å². The molecule has 1 saturated carbocycles. The standard InChI is InChI=1S/C31H34FN3O8/c1-30(14-41-15-30)34-27(36)17-6-8-22-24(9-17)43-26-25(22)42-16-31(2,35(28(26)37)20-11-21(12-20)39-3)29(38)33-13-18-5-7-19(32)10-23(18)40-4/h5-10,20-21H,11-16H2,1-4H3,(H,33,38)(H,34,36)/t20-,21+,31?. The third-order valence-electron chi connectivity index (χ3n) is 8.55. The highest BCUT2D eigenvalue weighted by molar-refractivity contribution is 6.06. The monoisotopic (exact) mass is 595 g/mol. The minimum atomic E-state index is -1.41. The van der Waals surface area contributed by atoms with Gasteiger partial charge in [-0.15, -0.1) is 0 Å². The van der Waals surface area contributed by atoms with Crippen molar-refractivity contribution in [2.24, 2.45) is 0 Å². The highest BCUT2D eigenvalue weighted by atomic mass is 19.1. The average molecular weight is 596 g/mol. The van der Waals surface area contributed by atoms with Crippen molar-refractivity contribution in [2.45, 2.75) is 56.5 Å². The van der Waals surface area contributed by atoms with Gasteiger partial charge in [-0.3, -0.25) is 14.4 Å². The van der Waals surface area contributed by atoms with Crippen LogP contribution in [-0.4, -0.2) is 79.9 Å². The first kappa shape index (κ1) is 28.9. The van der Waals surface area contributed by atoms with Crippen molar-refractivity contribution < 1.29 is 42.1 Å². The molecule has 1 atom stereocenters. The molecule has 1 saturated heterocycles. The number of benzene rings is 2. The predicted molar refractivity (Wildman–Crippen MR) is 152 cm³/mol. The van der Waals surface area contributed by atoms with E-state index in [2.05, 4.69) is 10.6 Å². The zero-order valence-electron chi connectivity index (χ0n) is 24.5. The average Bonchev–Trinajstić information content (AvgIpc) is 3.28. The summed E-state index contributed by atoms with van der Waals surface area (Å²) in [5, 5.41) is 6.36. The lowest BCUT2D eigenvalue weighted by atomic mass is 9.83. The van der Waals surface area contributed by atoms with E-state index in [1.54, 1.807) is 32.2 Å². The van der Waals surface area contributed by atoms with Crippen LogP contribution in [0.3, 0.4) is 0 Å². The summed E-state index contributed by atoms with van der Waals surface area (Å²) in [6, 6.07) is 8.66. The van der Waals surface area contributed by atoms with Gasteiger partial charge in [0.05, 0.1) is 37.4 Å². The molecule has 228 valence electrons. The maximum atomic E-state index is 14.2. The molecule has 2 N–H and O–H groups in total. The number of hydrogen-bond donors (Lipinski definition) is 2. The molecule has 0 bridgehead atoms. The van der Waals surface area contributed by atoms with Crippen LogP contribution in [0.4, 0.5) is 4.39 Å². The Balaban J connectivity index is 1.29. The van der Waals surface area contributed by atoms with Crippen molar-refractivity contribution in [3.63, 3.8) is 0 Å². The van der Waals surface area contributed by atoms with E-state index in [0.717, 1.165) is 0 Å². The summed E-state index contributed by atoms with van der Waals surface area (Å²) in [4.78, 5) is 42.5. The number of carbonyl (C=O) groups excluding carboxylic acids is 3. The molecule has 3 heterocycles. The number of rotatable bonds is 8. The van der Waals surface area contributed by atoms with Gasteiger partial charge in [0.25, 0.3) is 11.8 Å². The molecule has 2 fully saturated rings. The van der Waals surface area contributed by atoms with Crippen molar-refractivity contribution in [1.29, 1.82) is 0 Å². The molecule has 43 heavy (non-hydrogen) atoms. The van der Waals surface area contributed by atoms with Crippen LogP contribution in [0.5, 0.6) is 11.5 Å². The van der Waals surface area contributed by atoms with Gasteiger partial charge < -0.3 is 38.9 Å². The maximum Gasteiger partial charge on any atom is 0.294 e. The number of halogens is 1. The van der Waals surface area contributed by atoms with E-state index in [1.165, 1.54) is 30.2 Å². The van der Waals surface area contributed by atoms with Crippen LogP contribution in [0.15, 0.2) is 40.8 Å². The van der Waals surface area contributed by atoms with E-state index < -0.39 is 28.7 Å². The molecule has 1 aromatic heterocycles. The second kappa shape index (κ2) is 10.8.